The summed E-state index contributed by atoms with van der Waals surface area (Å²) in [5.74, 6) is 0. The van der Waals surface area contributed by atoms with Crippen molar-refractivity contribution in [3.8, 4) is 0 Å². The zero-order chi connectivity index (χ0) is 12.8. The van der Waals surface area contributed by atoms with Crippen molar-refractivity contribution in [3.63, 3.8) is 0 Å². The number of benzene rings is 1. The van der Waals surface area contributed by atoms with Crippen LogP contribution in [0.2, 0.25) is 0 Å². The molecule has 0 saturated carbocycles. The lowest BCUT2D eigenvalue weighted by atomic mass is 10.2. The predicted octanol–water partition coefficient (Wildman–Crippen LogP) is 3.64. The summed E-state index contributed by atoms with van der Waals surface area (Å²) in [6.45, 7) is 7.46. The van der Waals surface area contributed by atoms with E-state index >= 15 is 0 Å². The molecule has 17 heavy (non-hydrogen) atoms. The molecule has 0 heterocycles. The Labute approximate surface area is 121 Å². The molecular weight excluding hydrogens is 344 g/mol. The first kappa shape index (κ1) is 15.2. The highest BCUT2D eigenvalue weighted by Crippen LogP contribution is 2.21. The highest BCUT2D eigenvalue weighted by Gasteiger charge is 2.06. The lowest BCUT2D eigenvalue weighted by Gasteiger charge is -2.21. The third-order valence-electron chi connectivity index (χ3n) is 2.78. The van der Waals surface area contributed by atoms with Crippen molar-refractivity contribution < 1.29 is 0 Å². The average Bonchev–Trinajstić information content (AvgIpc) is 2.27. The fourth-order valence-corrected chi connectivity index (χ4v) is 2.80. The van der Waals surface area contributed by atoms with Gasteiger partial charge in [0.25, 0.3) is 0 Å². The number of hydrogen-bond donors (Lipinski definition) is 1. The zero-order valence-electron chi connectivity index (χ0n) is 10.6. The Kier molecular flexibility index (Phi) is 6.70. The molecule has 2 nitrogen and oxygen atoms in total. The third-order valence-corrected chi connectivity index (χ3v) is 4.01. The van der Waals surface area contributed by atoms with Gasteiger partial charge in [-0.05, 0) is 38.2 Å². The molecular formula is C13H20Br2N2. The van der Waals surface area contributed by atoms with E-state index in [1.807, 2.05) is 0 Å². The Hall–Kier alpha value is 0.1000. The molecule has 0 amide bonds. The quantitative estimate of drug-likeness (QED) is 0.829. The second-order valence-electron chi connectivity index (χ2n) is 4.37. The predicted molar refractivity (Wildman–Crippen MR) is 81.3 cm³/mol. The molecule has 0 radical (unpaired) electrons. The van der Waals surface area contributed by atoms with E-state index < -0.39 is 0 Å². The number of nitrogens with zero attached hydrogens (tertiary/aromatic N) is 1. The van der Waals surface area contributed by atoms with E-state index in [9.17, 15) is 0 Å². The molecule has 0 spiro atoms. The maximum absolute atomic E-state index is 3.58. The number of rotatable bonds is 6. The summed E-state index contributed by atoms with van der Waals surface area (Å²) in [6, 6.07) is 6.79. The van der Waals surface area contributed by atoms with Gasteiger partial charge in [0.1, 0.15) is 0 Å². The normalized spacial score (nSPS) is 13.1. The first-order valence-electron chi connectivity index (χ1n) is 5.88. The van der Waals surface area contributed by atoms with Crippen LogP contribution in [0.4, 0.5) is 0 Å². The summed E-state index contributed by atoms with van der Waals surface area (Å²) in [5.41, 5.74) is 1.29. The number of halogens is 2. The largest absolute Gasteiger partial charge is 0.309 e. The highest BCUT2D eigenvalue weighted by molar-refractivity contribution is 9.11. The molecule has 0 aliphatic carbocycles. The van der Waals surface area contributed by atoms with Crippen molar-refractivity contribution in [2.75, 3.05) is 20.1 Å². The number of nitrogens with one attached hydrogen (secondary N) is 1. The van der Waals surface area contributed by atoms with Gasteiger partial charge >= 0.3 is 0 Å². The van der Waals surface area contributed by atoms with Gasteiger partial charge in [0.15, 0.2) is 0 Å². The van der Waals surface area contributed by atoms with Gasteiger partial charge in [-0.15, -0.1) is 0 Å². The smallest absolute Gasteiger partial charge is 0.0231 e. The monoisotopic (exact) mass is 362 g/mol. The van der Waals surface area contributed by atoms with Crippen LogP contribution in [0.5, 0.6) is 0 Å². The summed E-state index contributed by atoms with van der Waals surface area (Å²) < 4.78 is 2.25. The molecule has 0 aliphatic rings. The Morgan fingerprint density at radius 2 is 2.06 bits per heavy atom. The summed E-state index contributed by atoms with van der Waals surface area (Å²) in [4.78, 5) is 2.31. The standard InChI is InChI=1S/C13H20Br2N2/c1-4-17(3)9-10(2)16-8-11-5-6-12(14)7-13(11)15/h5-7,10,16H,4,8-9H2,1-3H3. The van der Waals surface area contributed by atoms with Gasteiger partial charge in [0.05, 0.1) is 0 Å². The van der Waals surface area contributed by atoms with Crippen molar-refractivity contribution in [1.29, 1.82) is 0 Å². The van der Waals surface area contributed by atoms with E-state index in [2.05, 4.69) is 81.2 Å². The van der Waals surface area contributed by atoms with Crippen LogP contribution in [0.3, 0.4) is 0 Å². The molecule has 1 aromatic carbocycles. The first-order chi connectivity index (χ1) is 8.02. The summed E-state index contributed by atoms with van der Waals surface area (Å²) in [5, 5.41) is 3.54. The van der Waals surface area contributed by atoms with Crippen LogP contribution in [0, 0.1) is 0 Å². The Balaban J connectivity index is 2.44. The van der Waals surface area contributed by atoms with Gasteiger partial charge in [0.2, 0.25) is 0 Å². The third kappa shape index (κ3) is 5.51. The van der Waals surface area contributed by atoms with E-state index in [1.54, 1.807) is 0 Å². The first-order valence-corrected chi connectivity index (χ1v) is 7.47. The fourth-order valence-electron chi connectivity index (χ4n) is 1.61. The Morgan fingerprint density at radius 1 is 1.35 bits per heavy atom. The van der Waals surface area contributed by atoms with E-state index in [0.717, 1.165) is 28.6 Å². The minimum atomic E-state index is 0.496. The second-order valence-corrected chi connectivity index (χ2v) is 6.14. The summed E-state index contributed by atoms with van der Waals surface area (Å²) in [7, 11) is 2.15. The SMILES string of the molecule is CCN(C)CC(C)NCc1ccc(Br)cc1Br. The molecule has 1 aromatic rings. The molecule has 0 aromatic heterocycles. The van der Waals surface area contributed by atoms with Crippen LogP contribution >= 0.6 is 31.9 Å². The van der Waals surface area contributed by atoms with Gasteiger partial charge in [-0.1, -0.05) is 44.8 Å². The fraction of sp³-hybridized carbons (Fsp3) is 0.538. The lowest BCUT2D eigenvalue weighted by Crippen LogP contribution is -2.36. The van der Waals surface area contributed by atoms with Gasteiger partial charge in [-0.3, -0.25) is 0 Å². The molecule has 1 unspecified atom stereocenters. The average molecular weight is 364 g/mol. The maximum atomic E-state index is 3.58. The van der Waals surface area contributed by atoms with Crippen molar-refractivity contribution in [1.82, 2.24) is 10.2 Å². The van der Waals surface area contributed by atoms with Crippen molar-refractivity contribution in [2.24, 2.45) is 0 Å². The number of hydrogen-bond acceptors (Lipinski definition) is 2. The van der Waals surface area contributed by atoms with Crippen LogP contribution < -0.4 is 5.32 Å². The van der Waals surface area contributed by atoms with Gasteiger partial charge in [0, 0.05) is 28.1 Å². The molecule has 1 atom stereocenters. The van der Waals surface area contributed by atoms with Crippen LogP contribution in [-0.4, -0.2) is 31.1 Å². The molecule has 0 aliphatic heterocycles. The van der Waals surface area contributed by atoms with Gasteiger partial charge < -0.3 is 10.2 Å². The van der Waals surface area contributed by atoms with Crippen molar-refractivity contribution in [2.45, 2.75) is 26.4 Å². The van der Waals surface area contributed by atoms with Crippen LogP contribution in [0.15, 0.2) is 27.1 Å². The Bertz CT molecular complexity index is 355. The van der Waals surface area contributed by atoms with Crippen LogP contribution in [0.1, 0.15) is 19.4 Å². The molecule has 0 saturated heterocycles. The molecule has 1 rings (SSSR count). The van der Waals surface area contributed by atoms with Crippen LogP contribution in [-0.2, 0) is 6.54 Å². The number of likely N-dealkylation sites (N-methyl/N-ethyl adjacent to an activating group) is 1. The molecule has 4 heteroatoms. The van der Waals surface area contributed by atoms with E-state index in [4.69, 9.17) is 0 Å². The minimum absolute atomic E-state index is 0.496. The minimum Gasteiger partial charge on any atom is -0.309 e. The van der Waals surface area contributed by atoms with E-state index in [0.29, 0.717) is 6.04 Å². The zero-order valence-corrected chi connectivity index (χ0v) is 13.8. The van der Waals surface area contributed by atoms with E-state index in [-0.39, 0.29) is 0 Å². The van der Waals surface area contributed by atoms with Crippen molar-refractivity contribution >= 4 is 31.9 Å². The second kappa shape index (κ2) is 7.52. The summed E-state index contributed by atoms with van der Waals surface area (Å²) >= 11 is 7.04. The molecule has 96 valence electrons. The lowest BCUT2D eigenvalue weighted by molar-refractivity contribution is 0.309. The maximum Gasteiger partial charge on any atom is 0.0231 e. The van der Waals surface area contributed by atoms with Crippen molar-refractivity contribution in [3.05, 3.63) is 32.7 Å². The van der Waals surface area contributed by atoms with Gasteiger partial charge in [-0.2, -0.15) is 0 Å². The van der Waals surface area contributed by atoms with E-state index in [1.165, 1.54) is 5.56 Å². The topological polar surface area (TPSA) is 15.3 Å². The highest BCUT2D eigenvalue weighted by atomic mass is 79.9. The molecule has 1 N–H and O–H groups in total. The Morgan fingerprint density at radius 3 is 2.65 bits per heavy atom. The molecule has 0 bridgehead atoms. The van der Waals surface area contributed by atoms with Gasteiger partial charge in [-0.25, -0.2) is 0 Å². The molecule has 0 fully saturated rings. The summed E-state index contributed by atoms with van der Waals surface area (Å²) in [6.07, 6.45) is 0. The van der Waals surface area contributed by atoms with Crippen LogP contribution in [0.25, 0.3) is 0 Å².